The molecular formula is C24H21FN2O3S. The number of carbonyl (C=O) groups is 1. The fourth-order valence-corrected chi connectivity index (χ4v) is 4.63. The van der Waals surface area contributed by atoms with Crippen molar-refractivity contribution in [3.8, 4) is 11.5 Å². The van der Waals surface area contributed by atoms with Gasteiger partial charge in [-0.2, -0.15) is 0 Å². The molecule has 158 valence electrons. The molecule has 0 aliphatic carbocycles. The minimum Gasteiger partial charge on any atom is -0.495 e. The topological polar surface area (TPSA) is 59.9 Å². The number of fused-ring (bicyclic) bond motifs is 1. The van der Waals surface area contributed by atoms with Gasteiger partial charge in [-0.05, 0) is 42.5 Å². The van der Waals surface area contributed by atoms with Gasteiger partial charge in [-0.25, -0.2) is 4.39 Å². The Balaban J connectivity index is 1.63. The molecule has 0 fully saturated rings. The Morgan fingerprint density at radius 2 is 1.77 bits per heavy atom. The number of hydrogen-bond donors (Lipinski definition) is 1. The van der Waals surface area contributed by atoms with Gasteiger partial charge in [0, 0.05) is 16.9 Å². The standard InChI is InChI=1S/C24H21FN2O3S/c1-29-19-12-11-15(13-16(19)25)24-22(31-21-10-6-4-8-18(21)27-24)14-23(28)26-17-7-3-5-9-20(17)30-2/h3-13,22H,14H2,1-2H3,(H,26,28). The largest absolute Gasteiger partial charge is 0.495 e. The monoisotopic (exact) mass is 436 g/mol. The Morgan fingerprint density at radius 3 is 2.55 bits per heavy atom. The van der Waals surface area contributed by atoms with E-state index < -0.39 is 5.82 Å². The molecule has 1 N–H and O–H groups in total. The van der Waals surface area contributed by atoms with Crippen LogP contribution >= 0.6 is 11.8 Å². The van der Waals surface area contributed by atoms with Gasteiger partial charge in [0.15, 0.2) is 11.6 Å². The molecule has 3 aromatic carbocycles. The lowest BCUT2D eigenvalue weighted by Crippen LogP contribution is -2.27. The van der Waals surface area contributed by atoms with Crippen LogP contribution in [0.15, 0.2) is 76.6 Å². The van der Waals surface area contributed by atoms with Gasteiger partial charge in [0.1, 0.15) is 5.75 Å². The van der Waals surface area contributed by atoms with E-state index in [0.717, 1.165) is 10.6 Å². The Bertz CT molecular complexity index is 1150. The van der Waals surface area contributed by atoms with Gasteiger partial charge in [0.05, 0.1) is 36.6 Å². The molecule has 1 aliphatic rings. The summed E-state index contributed by atoms with van der Waals surface area (Å²) in [6, 6.07) is 19.7. The maximum Gasteiger partial charge on any atom is 0.226 e. The number of para-hydroxylation sites is 3. The Kier molecular flexibility index (Phi) is 6.23. The Hall–Kier alpha value is -3.32. The van der Waals surface area contributed by atoms with Crippen molar-refractivity contribution in [2.75, 3.05) is 19.5 Å². The summed E-state index contributed by atoms with van der Waals surface area (Å²) in [4.78, 5) is 18.6. The number of amides is 1. The first kappa shape index (κ1) is 20.9. The number of thioether (sulfide) groups is 1. The third-order valence-corrected chi connectivity index (χ3v) is 6.15. The zero-order valence-electron chi connectivity index (χ0n) is 17.1. The molecule has 1 heterocycles. The van der Waals surface area contributed by atoms with E-state index in [0.29, 0.717) is 22.7 Å². The molecule has 1 unspecified atom stereocenters. The van der Waals surface area contributed by atoms with Crippen molar-refractivity contribution < 1.29 is 18.7 Å². The summed E-state index contributed by atoms with van der Waals surface area (Å²) in [6.45, 7) is 0. The number of hydrogen-bond acceptors (Lipinski definition) is 5. The van der Waals surface area contributed by atoms with Gasteiger partial charge in [-0.3, -0.25) is 9.79 Å². The number of benzene rings is 3. The molecule has 0 radical (unpaired) electrons. The van der Waals surface area contributed by atoms with E-state index in [1.165, 1.54) is 13.2 Å². The lowest BCUT2D eigenvalue weighted by atomic mass is 10.0. The quantitative estimate of drug-likeness (QED) is 0.557. The number of nitrogens with zero attached hydrogens (tertiary/aromatic N) is 1. The fraction of sp³-hybridized carbons (Fsp3) is 0.167. The van der Waals surface area contributed by atoms with Crippen molar-refractivity contribution >= 4 is 34.8 Å². The number of carbonyl (C=O) groups excluding carboxylic acids is 1. The highest BCUT2D eigenvalue weighted by molar-refractivity contribution is 8.01. The van der Waals surface area contributed by atoms with E-state index in [9.17, 15) is 9.18 Å². The molecule has 0 aromatic heterocycles. The second-order valence-corrected chi connectivity index (χ2v) is 8.12. The maximum absolute atomic E-state index is 14.4. The zero-order valence-corrected chi connectivity index (χ0v) is 17.9. The molecular weight excluding hydrogens is 415 g/mol. The Morgan fingerprint density at radius 1 is 1.03 bits per heavy atom. The van der Waals surface area contributed by atoms with E-state index in [1.807, 2.05) is 36.4 Å². The van der Waals surface area contributed by atoms with Gasteiger partial charge in [0.25, 0.3) is 0 Å². The van der Waals surface area contributed by atoms with Crippen LogP contribution in [-0.2, 0) is 4.79 Å². The third kappa shape index (κ3) is 4.56. The Labute approximate surface area is 184 Å². The van der Waals surface area contributed by atoms with Crippen LogP contribution in [0, 0.1) is 5.82 Å². The first-order valence-corrected chi connectivity index (χ1v) is 10.6. The molecule has 1 amide bonds. The van der Waals surface area contributed by atoms with Gasteiger partial charge in [-0.1, -0.05) is 24.3 Å². The van der Waals surface area contributed by atoms with Crippen molar-refractivity contribution in [3.05, 3.63) is 78.1 Å². The van der Waals surface area contributed by atoms with E-state index >= 15 is 0 Å². The number of aliphatic imine (C=N–C) groups is 1. The molecule has 0 bridgehead atoms. The number of methoxy groups -OCH3 is 2. The lowest BCUT2D eigenvalue weighted by Gasteiger charge is -2.24. The summed E-state index contributed by atoms with van der Waals surface area (Å²) >= 11 is 1.55. The molecule has 1 aliphatic heterocycles. The van der Waals surface area contributed by atoms with E-state index in [4.69, 9.17) is 14.5 Å². The van der Waals surface area contributed by atoms with Crippen molar-refractivity contribution in [3.63, 3.8) is 0 Å². The van der Waals surface area contributed by atoms with Crippen LogP contribution in [0.2, 0.25) is 0 Å². The van der Waals surface area contributed by atoms with Crippen LogP contribution < -0.4 is 14.8 Å². The highest BCUT2D eigenvalue weighted by atomic mass is 32.2. The molecule has 1 atom stereocenters. The minimum absolute atomic E-state index is 0.165. The second-order valence-electron chi connectivity index (χ2n) is 6.87. The second kappa shape index (κ2) is 9.22. The molecule has 3 aromatic rings. The van der Waals surface area contributed by atoms with Crippen LogP contribution in [0.25, 0.3) is 0 Å². The van der Waals surface area contributed by atoms with Crippen molar-refractivity contribution in [1.29, 1.82) is 0 Å². The first-order chi connectivity index (χ1) is 15.1. The summed E-state index contributed by atoms with van der Waals surface area (Å²) < 4.78 is 24.7. The van der Waals surface area contributed by atoms with Crippen molar-refractivity contribution in [1.82, 2.24) is 0 Å². The summed E-state index contributed by atoms with van der Waals surface area (Å²) in [5.41, 5.74) is 2.68. The number of anilines is 1. The van der Waals surface area contributed by atoms with Crippen LogP contribution in [0.5, 0.6) is 11.5 Å². The number of ether oxygens (including phenoxy) is 2. The summed E-state index contributed by atoms with van der Waals surface area (Å²) in [5.74, 6) is 0.106. The van der Waals surface area contributed by atoms with Crippen LogP contribution in [0.3, 0.4) is 0 Å². The van der Waals surface area contributed by atoms with Gasteiger partial charge in [0.2, 0.25) is 5.91 Å². The van der Waals surface area contributed by atoms with Crippen LogP contribution in [-0.4, -0.2) is 31.1 Å². The van der Waals surface area contributed by atoms with E-state index in [2.05, 4.69) is 5.32 Å². The number of halogens is 1. The highest BCUT2D eigenvalue weighted by Crippen LogP contribution is 2.41. The average Bonchev–Trinajstić information content (AvgIpc) is 2.79. The van der Waals surface area contributed by atoms with Crippen LogP contribution in [0.1, 0.15) is 12.0 Å². The summed E-state index contributed by atoms with van der Waals surface area (Å²) in [6.07, 6.45) is 0.170. The van der Waals surface area contributed by atoms with Crippen molar-refractivity contribution in [2.45, 2.75) is 16.6 Å². The van der Waals surface area contributed by atoms with E-state index in [1.54, 1.807) is 43.1 Å². The van der Waals surface area contributed by atoms with Gasteiger partial charge >= 0.3 is 0 Å². The molecule has 5 nitrogen and oxygen atoms in total. The van der Waals surface area contributed by atoms with Gasteiger partial charge in [-0.15, -0.1) is 11.8 Å². The first-order valence-electron chi connectivity index (χ1n) is 9.70. The average molecular weight is 437 g/mol. The lowest BCUT2D eigenvalue weighted by molar-refractivity contribution is -0.116. The van der Waals surface area contributed by atoms with Gasteiger partial charge < -0.3 is 14.8 Å². The predicted octanol–water partition coefficient (Wildman–Crippen LogP) is 5.47. The van der Waals surface area contributed by atoms with E-state index in [-0.39, 0.29) is 23.3 Å². The van der Waals surface area contributed by atoms with Crippen molar-refractivity contribution in [2.24, 2.45) is 4.99 Å². The van der Waals surface area contributed by atoms with Crippen LogP contribution in [0.4, 0.5) is 15.8 Å². The molecule has 0 saturated heterocycles. The molecule has 4 rings (SSSR count). The maximum atomic E-state index is 14.4. The predicted molar refractivity (Wildman–Crippen MR) is 121 cm³/mol. The SMILES string of the molecule is COc1ccc(C2=Nc3ccccc3SC2CC(=O)Nc2ccccc2OC)cc1F. The number of nitrogens with one attached hydrogen (secondary N) is 1. The highest BCUT2D eigenvalue weighted by Gasteiger charge is 2.28. The summed E-state index contributed by atoms with van der Waals surface area (Å²) in [7, 11) is 2.98. The summed E-state index contributed by atoms with van der Waals surface area (Å²) in [5, 5.41) is 2.63. The molecule has 0 saturated carbocycles. The smallest absolute Gasteiger partial charge is 0.226 e. The molecule has 31 heavy (non-hydrogen) atoms. The minimum atomic E-state index is -0.469. The zero-order chi connectivity index (χ0) is 21.8. The fourth-order valence-electron chi connectivity index (χ4n) is 3.39. The molecule has 7 heteroatoms. The normalized spacial score (nSPS) is 14.9. The molecule has 0 spiro atoms. The number of rotatable bonds is 6. The third-order valence-electron chi connectivity index (χ3n) is 4.88.